The van der Waals surface area contributed by atoms with Crippen LogP contribution in [0.5, 0.6) is 0 Å². The smallest absolute Gasteiger partial charge is 0.129 e. The van der Waals surface area contributed by atoms with Crippen molar-refractivity contribution >= 4 is 22.6 Å². The van der Waals surface area contributed by atoms with Crippen LogP contribution in [0.1, 0.15) is 11.4 Å². The number of pyridine rings is 1. The van der Waals surface area contributed by atoms with Gasteiger partial charge in [0.1, 0.15) is 11.3 Å². The molecule has 4 nitrogen and oxygen atoms in total. The number of halogens is 1. The van der Waals surface area contributed by atoms with Crippen LogP contribution < -0.4 is 0 Å². The second-order valence-corrected chi connectivity index (χ2v) is 4.63. The largest absolute Gasteiger partial charge is 0.295 e. The van der Waals surface area contributed by atoms with Crippen molar-refractivity contribution in [2.45, 2.75) is 12.3 Å². The number of rotatable bonds is 3. The third kappa shape index (κ3) is 2.13. The van der Waals surface area contributed by atoms with Crippen LogP contribution in [0.15, 0.2) is 42.7 Å². The zero-order valence-corrected chi connectivity index (χ0v) is 11.4. The van der Waals surface area contributed by atoms with Crippen molar-refractivity contribution in [2.24, 2.45) is 0 Å². The molecule has 0 saturated carbocycles. The van der Waals surface area contributed by atoms with E-state index in [1.807, 2.05) is 34.9 Å². The number of nitriles is 1. The third-order valence-electron chi connectivity index (χ3n) is 3.12. The summed E-state index contributed by atoms with van der Waals surface area (Å²) in [6, 6.07) is 11.9. The van der Waals surface area contributed by atoms with Gasteiger partial charge in [0.2, 0.25) is 0 Å². The monoisotopic (exact) mass is 282 g/mol. The lowest BCUT2D eigenvalue weighted by Gasteiger charge is -2.08. The van der Waals surface area contributed by atoms with E-state index < -0.39 is 0 Å². The maximum Gasteiger partial charge on any atom is 0.129 e. The van der Waals surface area contributed by atoms with Crippen molar-refractivity contribution in [1.29, 1.82) is 5.26 Å². The molecule has 1 aromatic carbocycles. The lowest BCUT2D eigenvalue weighted by atomic mass is 10.1. The Hall–Kier alpha value is -2.38. The molecule has 3 rings (SSSR count). The van der Waals surface area contributed by atoms with Crippen LogP contribution in [0.4, 0.5) is 0 Å². The first-order chi connectivity index (χ1) is 9.83. The standard InChI is InChI=1S/C15H11ClN4/c16-9-15-19-13-10-18-8-6-14(13)20(15)12-3-1-11(2-4-12)5-7-17/h1-4,6,8,10H,5,9H2. The van der Waals surface area contributed by atoms with Gasteiger partial charge in [0.05, 0.1) is 30.1 Å². The SMILES string of the molecule is N#CCc1ccc(-n2c(CCl)nc3cnccc32)cc1. The zero-order valence-electron chi connectivity index (χ0n) is 10.6. The molecule has 5 heteroatoms. The second kappa shape index (κ2) is 5.32. The third-order valence-corrected chi connectivity index (χ3v) is 3.36. The number of alkyl halides is 1. The van der Waals surface area contributed by atoms with Gasteiger partial charge in [-0.25, -0.2) is 4.98 Å². The van der Waals surface area contributed by atoms with Gasteiger partial charge in [0, 0.05) is 11.9 Å². The van der Waals surface area contributed by atoms with E-state index in [0.29, 0.717) is 12.3 Å². The van der Waals surface area contributed by atoms with Gasteiger partial charge in [-0.1, -0.05) is 12.1 Å². The second-order valence-electron chi connectivity index (χ2n) is 4.36. The fourth-order valence-corrected chi connectivity index (χ4v) is 2.39. The summed E-state index contributed by atoms with van der Waals surface area (Å²) in [7, 11) is 0. The van der Waals surface area contributed by atoms with E-state index in [2.05, 4.69) is 16.0 Å². The molecule has 0 N–H and O–H groups in total. The average Bonchev–Trinajstić information content (AvgIpc) is 2.87. The normalized spacial score (nSPS) is 10.6. The minimum absolute atomic E-state index is 0.328. The van der Waals surface area contributed by atoms with E-state index in [4.69, 9.17) is 16.9 Å². The molecule has 2 aromatic heterocycles. The lowest BCUT2D eigenvalue weighted by molar-refractivity contribution is 0.980. The van der Waals surface area contributed by atoms with E-state index >= 15 is 0 Å². The van der Waals surface area contributed by atoms with Gasteiger partial charge in [-0.2, -0.15) is 5.26 Å². The molecule has 0 fully saturated rings. The number of benzene rings is 1. The number of nitrogens with zero attached hydrogens (tertiary/aromatic N) is 4. The van der Waals surface area contributed by atoms with Crippen molar-refractivity contribution in [3.05, 3.63) is 54.1 Å². The Morgan fingerprint density at radius 1 is 1.20 bits per heavy atom. The molecule has 0 bridgehead atoms. The van der Waals surface area contributed by atoms with Gasteiger partial charge in [-0.15, -0.1) is 11.6 Å². The van der Waals surface area contributed by atoms with Gasteiger partial charge >= 0.3 is 0 Å². The molecular formula is C15H11ClN4. The number of hydrogen-bond donors (Lipinski definition) is 0. The van der Waals surface area contributed by atoms with Crippen molar-refractivity contribution in [3.8, 4) is 11.8 Å². The molecule has 0 unspecified atom stereocenters. The minimum atomic E-state index is 0.328. The zero-order chi connectivity index (χ0) is 13.9. The highest BCUT2D eigenvalue weighted by molar-refractivity contribution is 6.17. The highest BCUT2D eigenvalue weighted by Crippen LogP contribution is 2.22. The van der Waals surface area contributed by atoms with Crippen LogP contribution in [0.25, 0.3) is 16.7 Å². The minimum Gasteiger partial charge on any atom is -0.295 e. The summed E-state index contributed by atoms with van der Waals surface area (Å²) >= 11 is 5.99. The summed E-state index contributed by atoms with van der Waals surface area (Å²) in [5.74, 6) is 1.11. The highest BCUT2D eigenvalue weighted by atomic mass is 35.5. The molecule has 98 valence electrons. The Balaban J connectivity index is 2.15. The molecular weight excluding hydrogens is 272 g/mol. The summed E-state index contributed by atoms with van der Waals surface area (Å²) < 4.78 is 2.01. The summed E-state index contributed by atoms with van der Waals surface area (Å²) in [4.78, 5) is 8.56. The molecule has 0 saturated heterocycles. The van der Waals surface area contributed by atoms with Crippen molar-refractivity contribution in [1.82, 2.24) is 14.5 Å². The first kappa shape index (κ1) is 12.6. The summed E-state index contributed by atoms with van der Waals surface area (Å²) in [6.45, 7) is 0. The molecule has 20 heavy (non-hydrogen) atoms. The van der Waals surface area contributed by atoms with Gasteiger partial charge in [0.25, 0.3) is 0 Å². The number of fused-ring (bicyclic) bond motifs is 1. The Kier molecular flexibility index (Phi) is 3.36. The van der Waals surface area contributed by atoms with Crippen molar-refractivity contribution in [2.75, 3.05) is 0 Å². The molecule has 0 aliphatic carbocycles. The molecule has 0 aliphatic rings. The van der Waals surface area contributed by atoms with E-state index in [-0.39, 0.29) is 0 Å². The molecule has 3 aromatic rings. The van der Waals surface area contributed by atoms with Gasteiger partial charge in [-0.05, 0) is 23.8 Å². The number of imidazole rings is 1. The summed E-state index contributed by atoms with van der Waals surface area (Å²) in [6.07, 6.45) is 3.88. The van der Waals surface area contributed by atoms with Crippen LogP contribution in [0.2, 0.25) is 0 Å². The maximum atomic E-state index is 8.71. The molecule has 0 aliphatic heterocycles. The highest BCUT2D eigenvalue weighted by Gasteiger charge is 2.11. The van der Waals surface area contributed by atoms with Crippen LogP contribution in [0.3, 0.4) is 0 Å². The van der Waals surface area contributed by atoms with Crippen molar-refractivity contribution < 1.29 is 0 Å². The van der Waals surface area contributed by atoms with E-state index in [1.165, 1.54) is 0 Å². The quantitative estimate of drug-likeness (QED) is 0.693. The number of hydrogen-bond acceptors (Lipinski definition) is 3. The van der Waals surface area contributed by atoms with Crippen LogP contribution in [-0.4, -0.2) is 14.5 Å². The van der Waals surface area contributed by atoms with E-state index in [9.17, 15) is 0 Å². The van der Waals surface area contributed by atoms with Crippen LogP contribution in [-0.2, 0) is 12.3 Å². The van der Waals surface area contributed by atoms with Crippen LogP contribution >= 0.6 is 11.6 Å². The topological polar surface area (TPSA) is 54.5 Å². The lowest BCUT2D eigenvalue weighted by Crippen LogP contribution is -1.99. The first-order valence-corrected chi connectivity index (χ1v) is 6.70. The Morgan fingerprint density at radius 3 is 2.70 bits per heavy atom. The molecule has 0 amide bonds. The van der Waals surface area contributed by atoms with E-state index in [1.54, 1.807) is 12.4 Å². The fourth-order valence-electron chi connectivity index (χ4n) is 2.21. The van der Waals surface area contributed by atoms with Crippen LogP contribution in [0, 0.1) is 11.3 Å². The number of aromatic nitrogens is 3. The fraction of sp³-hybridized carbons (Fsp3) is 0.133. The van der Waals surface area contributed by atoms with Gasteiger partial charge in [-0.3, -0.25) is 9.55 Å². The Labute approximate surface area is 121 Å². The van der Waals surface area contributed by atoms with E-state index in [0.717, 1.165) is 28.1 Å². The summed E-state index contributed by atoms with van der Waals surface area (Å²) in [5, 5.41) is 8.71. The van der Waals surface area contributed by atoms with Gasteiger partial charge < -0.3 is 0 Å². The average molecular weight is 283 g/mol. The predicted molar refractivity (Wildman–Crippen MR) is 77.7 cm³/mol. The molecule has 2 heterocycles. The predicted octanol–water partition coefficient (Wildman–Crippen LogP) is 3.23. The van der Waals surface area contributed by atoms with Gasteiger partial charge in [0.15, 0.2) is 0 Å². The molecule has 0 atom stereocenters. The summed E-state index contributed by atoms with van der Waals surface area (Å²) in [5.41, 5.74) is 3.78. The van der Waals surface area contributed by atoms with Crippen molar-refractivity contribution in [3.63, 3.8) is 0 Å². The molecule has 0 radical (unpaired) electrons. The maximum absolute atomic E-state index is 8.71. The Bertz CT molecular complexity index is 784. The molecule has 0 spiro atoms. The first-order valence-electron chi connectivity index (χ1n) is 6.17. The Morgan fingerprint density at radius 2 is 2.00 bits per heavy atom.